The molecule has 0 aliphatic rings. The van der Waals surface area contributed by atoms with Crippen LogP contribution in [0.4, 0.5) is 13.2 Å². The Bertz CT molecular complexity index is 391. The molecule has 1 N–H and O–H groups in total. The van der Waals surface area contributed by atoms with Gasteiger partial charge < -0.3 is 14.8 Å². The first kappa shape index (κ1) is 17.8. The maximum Gasteiger partial charge on any atom is 0.573 e. The highest BCUT2D eigenvalue weighted by molar-refractivity contribution is 5.27. The third-order valence-corrected chi connectivity index (χ3v) is 2.58. The monoisotopic (exact) mass is 305 g/mol. The summed E-state index contributed by atoms with van der Waals surface area (Å²) in [7, 11) is 0. The zero-order chi connectivity index (χ0) is 15.7. The number of hydrogen-bond donors (Lipinski definition) is 1. The van der Waals surface area contributed by atoms with Crippen LogP contribution >= 0.6 is 0 Å². The van der Waals surface area contributed by atoms with Crippen molar-refractivity contribution in [2.75, 3.05) is 19.8 Å². The van der Waals surface area contributed by atoms with E-state index >= 15 is 0 Å². The fraction of sp³-hybridized carbons (Fsp3) is 0.600. The van der Waals surface area contributed by atoms with Crippen molar-refractivity contribution in [3.8, 4) is 5.75 Å². The molecule has 21 heavy (non-hydrogen) atoms. The lowest BCUT2D eigenvalue weighted by Gasteiger charge is -2.10. The van der Waals surface area contributed by atoms with Gasteiger partial charge in [0, 0.05) is 19.8 Å². The molecule has 0 spiro atoms. The Labute approximate surface area is 123 Å². The second-order valence-corrected chi connectivity index (χ2v) is 5.19. The summed E-state index contributed by atoms with van der Waals surface area (Å²) in [5, 5.41) is 3.21. The number of halogens is 3. The smallest absolute Gasteiger partial charge is 0.406 e. The van der Waals surface area contributed by atoms with Crippen molar-refractivity contribution in [3.05, 3.63) is 29.8 Å². The van der Waals surface area contributed by atoms with Crippen molar-refractivity contribution in [3.63, 3.8) is 0 Å². The van der Waals surface area contributed by atoms with Gasteiger partial charge in [-0.05, 0) is 36.6 Å². The van der Waals surface area contributed by atoms with Gasteiger partial charge >= 0.3 is 6.36 Å². The molecule has 1 rings (SSSR count). The number of ether oxygens (including phenoxy) is 2. The van der Waals surface area contributed by atoms with Gasteiger partial charge in [0.1, 0.15) is 5.75 Å². The van der Waals surface area contributed by atoms with Crippen LogP contribution in [0.1, 0.15) is 25.8 Å². The molecule has 120 valence electrons. The Hall–Kier alpha value is -1.27. The first-order valence-electron chi connectivity index (χ1n) is 7.00. The molecule has 0 saturated carbocycles. The van der Waals surface area contributed by atoms with Gasteiger partial charge in [0.05, 0.1) is 0 Å². The van der Waals surface area contributed by atoms with Gasteiger partial charge in [-0.3, -0.25) is 0 Å². The van der Waals surface area contributed by atoms with Gasteiger partial charge in [-0.25, -0.2) is 0 Å². The van der Waals surface area contributed by atoms with Crippen LogP contribution in [-0.4, -0.2) is 26.1 Å². The highest BCUT2D eigenvalue weighted by Crippen LogP contribution is 2.22. The summed E-state index contributed by atoms with van der Waals surface area (Å²) in [6, 6.07) is 5.86. The molecule has 0 saturated heterocycles. The summed E-state index contributed by atoms with van der Waals surface area (Å²) < 4.78 is 45.2. The van der Waals surface area contributed by atoms with E-state index in [1.165, 1.54) is 12.1 Å². The average molecular weight is 305 g/mol. The van der Waals surface area contributed by atoms with E-state index in [0.29, 0.717) is 19.1 Å². The maximum atomic E-state index is 12.0. The fourth-order valence-electron chi connectivity index (χ4n) is 1.66. The van der Waals surface area contributed by atoms with Crippen LogP contribution in [0.25, 0.3) is 0 Å². The second-order valence-electron chi connectivity index (χ2n) is 5.19. The summed E-state index contributed by atoms with van der Waals surface area (Å²) in [6.45, 7) is 7.09. The van der Waals surface area contributed by atoms with E-state index in [4.69, 9.17) is 4.74 Å². The molecular weight excluding hydrogens is 283 g/mol. The van der Waals surface area contributed by atoms with Gasteiger partial charge in [0.15, 0.2) is 0 Å². The van der Waals surface area contributed by atoms with Crippen molar-refractivity contribution in [2.24, 2.45) is 5.92 Å². The minimum atomic E-state index is -4.64. The number of rotatable bonds is 9. The normalized spacial score (nSPS) is 11.9. The van der Waals surface area contributed by atoms with Crippen LogP contribution in [0.2, 0.25) is 0 Å². The molecule has 0 fully saturated rings. The minimum absolute atomic E-state index is 0.201. The summed E-state index contributed by atoms with van der Waals surface area (Å²) in [4.78, 5) is 0. The van der Waals surface area contributed by atoms with Crippen LogP contribution in [-0.2, 0) is 11.3 Å². The fourth-order valence-corrected chi connectivity index (χ4v) is 1.66. The molecule has 6 heteroatoms. The topological polar surface area (TPSA) is 30.5 Å². The Morgan fingerprint density at radius 3 is 2.38 bits per heavy atom. The molecule has 0 aliphatic carbocycles. The second kappa shape index (κ2) is 8.89. The molecule has 0 aromatic heterocycles. The van der Waals surface area contributed by atoms with Crippen molar-refractivity contribution >= 4 is 0 Å². The zero-order valence-corrected chi connectivity index (χ0v) is 12.4. The van der Waals surface area contributed by atoms with E-state index in [0.717, 1.165) is 25.1 Å². The Kier molecular flexibility index (Phi) is 7.53. The molecule has 0 unspecified atom stereocenters. The maximum absolute atomic E-state index is 12.0. The van der Waals surface area contributed by atoms with Gasteiger partial charge in [-0.15, -0.1) is 13.2 Å². The first-order valence-corrected chi connectivity index (χ1v) is 7.00. The highest BCUT2D eigenvalue weighted by Gasteiger charge is 2.30. The van der Waals surface area contributed by atoms with Crippen LogP contribution < -0.4 is 10.1 Å². The summed E-state index contributed by atoms with van der Waals surface area (Å²) in [6.07, 6.45) is -3.74. The van der Waals surface area contributed by atoms with E-state index in [1.807, 2.05) is 0 Å². The van der Waals surface area contributed by atoms with Gasteiger partial charge in [-0.2, -0.15) is 0 Å². The van der Waals surface area contributed by atoms with Gasteiger partial charge in [-0.1, -0.05) is 26.0 Å². The van der Waals surface area contributed by atoms with Crippen molar-refractivity contribution < 1.29 is 22.6 Å². The molecule has 1 aromatic carbocycles. The molecule has 0 atom stereocenters. The van der Waals surface area contributed by atoms with E-state index in [2.05, 4.69) is 23.9 Å². The zero-order valence-electron chi connectivity index (χ0n) is 12.4. The highest BCUT2D eigenvalue weighted by atomic mass is 19.4. The van der Waals surface area contributed by atoms with Gasteiger partial charge in [0.25, 0.3) is 0 Å². The molecule has 0 amide bonds. The largest absolute Gasteiger partial charge is 0.573 e. The van der Waals surface area contributed by atoms with Crippen molar-refractivity contribution in [1.29, 1.82) is 0 Å². The molecule has 0 radical (unpaired) electrons. The van der Waals surface area contributed by atoms with Crippen LogP contribution in [0.15, 0.2) is 24.3 Å². The predicted octanol–water partition coefficient (Wildman–Crippen LogP) is 3.74. The third kappa shape index (κ3) is 9.31. The molecule has 1 aromatic rings. The van der Waals surface area contributed by atoms with E-state index in [1.54, 1.807) is 12.1 Å². The van der Waals surface area contributed by atoms with E-state index < -0.39 is 6.36 Å². The number of hydrogen-bond acceptors (Lipinski definition) is 3. The van der Waals surface area contributed by atoms with Crippen LogP contribution in [0.5, 0.6) is 5.75 Å². The standard InChI is InChI=1S/C15H22F3NO2/c1-12(2)11-20-9-3-8-19-10-13-4-6-14(7-5-13)21-15(16,17)18/h4-7,12,19H,3,8-11H2,1-2H3. The number of nitrogens with one attached hydrogen (secondary N) is 1. The summed E-state index contributed by atoms with van der Waals surface area (Å²) in [5.74, 6) is 0.337. The lowest BCUT2D eigenvalue weighted by Crippen LogP contribution is -2.18. The van der Waals surface area contributed by atoms with Crippen LogP contribution in [0, 0.1) is 5.92 Å². The molecule has 0 heterocycles. The number of alkyl halides is 3. The Morgan fingerprint density at radius 1 is 1.14 bits per heavy atom. The SMILES string of the molecule is CC(C)COCCCNCc1ccc(OC(F)(F)F)cc1. The first-order chi connectivity index (χ1) is 9.87. The van der Waals surface area contributed by atoms with E-state index in [-0.39, 0.29) is 5.75 Å². The third-order valence-electron chi connectivity index (χ3n) is 2.58. The minimum Gasteiger partial charge on any atom is -0.406 e. The molecular formula is C15H22F3NO2. The lowest BCUT2D eigenvalue weighted by molar-refractivity contribution is -0.274. The predicted molar refractivity (Wildman–Crippen MR) is 75.1 cm³/mol. The summed E-state index contributed by atoms with van der Waals surface area (Å²) >= 11 is 0. The molecule has 0 aliphatic heterocycles. The van der Waals surface area contributed by atoms with Crippen molar-refractivity contribution in [2.45, 2.75) is 33.2 Å². The average Bonchev–Trinajstić information content (AvgIpc) is 2.37. The number of benzene rings is 1. The Balaban J connectivity index is 2.15. The van der Waals surface area contributed by atoms with Crippen LogP contribution in [0.3, 0.4) is 0 Å². The summed E-state index contributed by atoms with van der Waals surface area (Å²) in [5.41, 5.74) is 0.910. The quantitative estimate of drug-likeness (QED) is 0.705. The van der Waals surface area contributed by atoms with Gasteiger partial charge in [0.2, 0.25) is 0 Å². The molecule has 0 bridgehead atoms. The molecule has 3 nitrogen and oxygen atoms in total. The lowest BCUT2D eigenvalue weighted by atomic mass is 10.2. The van der Waals surface area contributed by atoms with Crippen molar-refractivity contribution in [1.82, 2.24) is 5.32 Å². The van der Waals surface area contributed by atoms with E-state index in [9.17, 15) is 13.2 Å². The Morgan fingerprint density at radius 2 is 1.81 bits per heavy atom.